The van der Waals surface area contributed by atoms with Crippen LogP contribution in [0.2, 0.25) is 0 Å². The number of fused-ring (bicyclic) bond motifs is 1. The Labute approximate surface area is 124 Å². The van der Waals surface area contributed by atoms with Crippen molar-refractivity contribution in [3.8, 4) is 11.5 Å². The summed E-state index contributed by atoms with van der Waals surface area (Å²) in [7, 11) is 0. The molecule has 0 saturated heterocycles. The Bertz CT molecular complexity index is 595. The Kier molecular flexibility index (Phi) is 4.10. The minimum atomic E-state index is 0.0373. The first-order chi connectivity index (χ1) is 10.2. The van der Waals surface area contributed by atoms with E-state index in [4.69, 9.17) is 9.47 Å². The van der Waals surface area contributed by atoms with Crippen molar-refractivity contribution in [2.75, 3.05) is 13.2 Å². The van der Waals surface area contributed by atoms with E-state index in [1.54, 1.807) is 0 Å². The summed E-state index contributed by atoms with van der Waals surface area (Å²) in [4.78, 5) is 4.21. The van der Waals surface area contributed by atoms with Crippen molar-refractivity contribution in [1.29, 1.82) is 0 Å². The largest absolute Gasteiger partial charge is 0.486 e. The van der Waals surface area contributed by atoms with Gasteiger partial charge in [0.05, 0.1) is 12.0 Å². The van der Waals surface area contributed by atoms with Gasteiger partial charge in [-0.3, -0.25) is 0 Å². The normalized spacial score (nSPS) is 17.2. The molecular weight excluding hydrogens is 266 g/mol. The average molecular weight is 287 g/mol. The molecule has 1 N–H and O–H groups in total. The third-order valence-electron chi connectivity index (χ3n) is 3.55. The first kappa shape index (κ1) is 13.9. The fourth-order valence-electron chi connectivity index (χ4n) is 2.46. The van der Waals surface area contributed by atoms with Crippen LogP contribution in [0.15, 0.2) is 36.8 Å². The van der Waals surface area contributed by atoms with E-state index in [0.717, 1.165) is 24.6 Å². The van der Waals surface area contributed by atoms with E-state index < -0.39 is 0 Å². The number of aromatic nitrogens is 2. The van der Waals surface area contributed by atoms with Crippen molar-refractivity contribution < 1.29 is 9.47 Å². The van der Waals surface area contributed by atoms with Gasteiger partial charge in [-0.05, 0) is 26.0 Å². The molecule has 21 heavy (non-hydrogen) atoms. The molecule has 5 heteroatoms. The molecule has 0 fully saturated rings. The van der Waals surface area contributed by atoms with Gasteiger partial charge in [-0.2, -0.15) is 0 Å². The number of imidazole rings is 1. The van der Waals surface area contributed by atoms with Crippen LogP contribution in [0.4, 0.5) is 0 Å². The summed E-state index contributed by atoms with van der Waals surface area (Å²) >= 11 is 0. The van der Waals surface area contributed by atoms with Gasteiger partial charge in [0.15, 0.2) is 11.5 Å². The Morgan fingerprint density at radius 2 is 2.14 bits per heavy atom. The van der Waals surface area contributed by atoms with E-state index in [2.05, 4.69) is 28.7 Å². The van der Waals surface area contributed by atoms with E-state index >= 15 is 0 Å². The number of hydrogen-bond donors (Lipinski definition) is 1. The lowest BCUT2D eigenvalue weighted by atomic mass is 10.2. The summed E-state index contributed by atoms with van der Waals surface area (Å²) < 4.78 is 13.8. The highest BCUT2D eigenvalue weighted by Crippen LogP contribution is 2.30. The maximum absolute atomic E-state index is 5.92. The van der Waals surface area contributed by atoms with Crippen LogP contribution in [0, 0.1) is 0 Å². The Balaban J connectivity index is 1.52. The van der Waals surface area contributed by atoms with Crippen LogP contribution in [-0.4, -0.2) is 28.8 Å². The van der Waals surface area contributed by atoms with Crippen molar-refractivity contribution in [3.63, 3.8) is 0 Å². The van der Waals surface area contributed by atoms with Gasteiger partial charge in [-0.1, -0.05) is 12.1 Å². The topological polar surface area (TPSA) is 48.3 Å². The van der Waals surface area contributed by atoms with Crippen molar-refractivity contribution >= 4 is 0 Å². The molecular formula is C16H21N3O2. The molecule has 1 aromatic heterocycles. The number of ether oxygens (including phenoxy) is 2. The number of nitrogens with one attached hydrogen (secondary N) is 1. The first-order valence-electron chi connectivity index (χ1n) is 7.34. The molecule has 1 aromatic carbocycles. The third-order valence-corrected chi connectivity index (χ3v) is 3.55. The van der Waals surface area contributed by atoms with Gasteiger partial charge < -0.3 is 19.4 Å². The van der Waals surface area contributed by atoms with Crippen LogP contribution in [0.3, 0.4) is 0 Å². The van der Waals surface area contributed by atoms with Crippen LogP contribution in [0.1, 0.15) is 25.6 Å². The molecule has 2 heterocycles. The molecule has 5 nitrogen and oxygen atoms in total. The Morgan fingerprint density at radius 1 is 1.33 bits per heavy atom. The number of rotatable bonds is 5. The van der Waals surface area contributed by atoms with E-state index in [0.29, 0.717) is 12.6 Å². The van der Waals surface area contributed by atoms with Crippen LogP contribution in [0.25, 0.3) is 0 Å². The van der Waals surface area contributed by atoms with Crippen LogP contribution in [0.5, 0.6) is 11.5 Å². The summed E-state index contributed by atoms with van der Waals surface area (Å²) in [5.41, 5.74) is 1.18. The third kappa shape index (κ3) is 3.19. The van der Waals surface area contributed by atoms with Gasteiger partial charge >= 0.3 is 0 Å². The number of benzene rings is 1. The van der Waals surface area contributed by atoms with Crippen molar-refractivity contribution in [2.45, 2.75) is 32.5 Å². The zero-order chi connectivity index (χ0) is 14.7. The summed E-state index contributed by atoms with van der Waals surface area (Å²) in [5, 5.41) is 3.42. The SMILES string of the molecule is CC(C)n1cncc1CNCC1COc2ccccc2O1. The maximum Gasteiger partial charge on any atom is 0.161 e. The minimum absolute atomic E-state index is 0.0373. The number of para-hydroxylation sites is 2. The van der Waals surface area contributed by atoms with Crippen molar-refractivity contribution in [3.05, 3.63) is 42.5 Å². The summed E-state index contributed by atoms with van der Waals surface area (Å²) in [6.45, 7) is 6.41. The predicted molar refractivity (Wildman–Crippen MR) is 80.7 cm³/mol. The van der Waals surface area contributed by atoms with Crippen LogP contribution in [-0.2, 0) is 6.54 Å². The van der Waals surface area contributed by atoms with E-state index in [9.17, 15) is 0 Å². The molecule has 2 aromatic rings. The fourth-order valence-corrected chi connectivity index (χ4v) is 2.46. The molecule has 0 aliphatic carbocycles. The smallest absolute Gasteiger partial charge is 0.161 e. The Hall–Kier alpha value is -2.01. The predicted octanol–water partition coefficient (Wildman–Crippen LogP) is 2.39. The highest BCUT2D eigenvalue weighted by molar-refractivity contribution is 5.40. The second-order valence-electron chi connectivity index (χ2n) is 5.51. The summed E-state index contributed by atoms with van der Waals surface area (Å²) in [5.74, 6) is 1.65. The summed E-state index contributed by atoms with van der Waals surface area (Å²) in [6, 6.07) is 8.20. The molecule has 0 radical (unpaired) electrons. The molecule has 0 amide bonds. The molecule has 0 saturated carbocycles. The number of hydrogen-bond acceptors (Lipinski definition) is 4. The zero-order valence-electron chi connectivity index (χ0n) is 12.5. The van der Waals surface area contributed by atoms with Crippen molar-refractivity contribution in [1.82, 2.24) is 14.9 Å². The molecule has 1 unspecified atom stereocenters. The van der Waals surface area contributed by atoms with E-state index in [-0.39, 0.29) is 6.10 Å². The standard InChI is InChI=1S/C16H21N3O2/c1-12(2)19-11-18-8-13(19)7-17-9-14-10-20-15-5-3-4-6-16(15)21-14/h3-6,8,11-12,14,17H,7,9-10H2,1-2H3. The minimum Gasteiger partial charge on any atom is -0.486 e. The number of nitrogens with zero attached hydrogens (tertiary/aromatic N) is 2. The zero-order valence-corrected chi connectivity index (χ0v) is 12.5. The molecule has 1 atom stereocenters. The van der Waals surface area contributed by atoms with Crippen LogP contribution < -0.4 is 14.8 Å². The molecule has 0 spiro atoms. The van der Waals surface area contributed by atoms with Crippen LogP contribution >= 0.6 is 0 Å². The highest BCUT2D eigenvalue weighted by Gasteiger charge is 2.20. The molecule has 112 valence electrons. The molecule has 0 bridgehead atoms. The lowest BCUT2D eigenvalue weighted by Crippen LogP contribution is -2.38. The van der Waals surface area contributed by atoms with Gasteiger partial charge in [0.25, 0.3) is 0 Å². The van der Waals surface area contributed by atoms with E-state index in [1.807, 2.05) is 36.8 Å². The first-order valence-corrected chi connectivity index (χ1v) is 7.34. The fraction of sp³-hybridized carbons (Fsp3) is 0.438. The maximum atomic E-state index is 5.92. The van der Waals surface area contributed by atoms with Gasteiger partial charge in [-0.15, -0.1) is 0 Å². The second kappa shape index (κ2) is 6.18. The van der Waals surface area contributed by atoms with E-state index in [1.165, 1.54) is 5.69 Å². The van der Waals surface area contributed by atoms with Gasteiger partial charge in [0.1, 0.15) is 12.7 Å². The second-order valence-corrected chi connectivity index (χ2v) is 5.51. The molecule has 1 aliphatic rings. The van der Waals surface area contributed by atoms with Crippen molar-refractivity contribution in [2.24, 2.45) is 0 Å². The molecule has 1 aliphatic heterocycles. The lowest BCUT2D eigenvalue weighted by molar-refractivity contribution is 0.0901. The quantitative estimate of drug-likeness (QED) is 0.917. The Morgan fingerprint density at radius 3 is 2.95 bits per heavy atom. The summed E-state index contributed by atoms with van der Waals surface area (Å²) in [6.07, 6.45) is 3.81. The van der Waals surface area contributed by atoms with Gasteiger partial charge in [0.2, 0.25) is 0 Å². The molecule has 3 rings (SSSR count). The van der Waals surface area contributed by atoms with Gasteiger partial charge in [0, 0.05) is 25.3 Å². The monoisotopic (exact) mass is 287 g/mol. The lowest BCUT2D eigenvalue weighted by Gasteiger charge is -2.26. The highest BCUT2D eigenvalue weighted by atomic mass is 16.6. The average Bonchev–Trinajstić information content (AvgIpc) is 2.96. The van der Waals surface area contributed by atoms with Gasteiger partial charge in [-0.25, -0.2) is 4.98 Å².